The fourth-order valence-corrected chi connectivity index (χ4v) is 5.11. The molecule has 1 unspecified atom stereocenters. The summed E-state index contributed by atoms with van der Waals surface area (Å²) in [5, 5.41) is 7.48. The van der Waals surface area contributed by atoms with Crippen LogP contribution in [-0.2, 0) is 0 Å². The third-order valence-corrected chi connectivity index (χ3v) is 6.83. The minimum Gasteiger partial charge on any atom is -0.487 e. The van der Waals surface area contributed by atoms with Crippen molar-refractivity contribution in [2.45, 2.75) is 22.3 Å². The summed E-state index contributed by atoms with van der Waals surface area (Å²) in [4.78, 5) is 9.65. The molecule has 2 aliphatic rings. The maximum absolute atomic E-state index is 5.97. The summed E-state index contributed by atoms with van der Waals surface area (Å²) >= 11 is 7.78. The highest BCUT2D eigenvalue weighted by atomic mass is 35.5. The second-order valence-electron chi connectivity index (χ2n) is 7.73. The molecule has 0 spiro atoms. The fourth-order valence-electron chi connectivity index (χ4n) is 3.89. The molecule has 5 rings (SSSR count). The number of fused-ring (bicyclic) bond motifs is 2. The van der Waals surface area contributed by atoms with Gasteiger partial charge in [0.25, 0.3) is 0 Å². The molecule has 7 heteroatoms. The lowest BCUT2D eigenvalue weighted by atomic mass is 10.2. The number of para-hydroxylation sites is 2. The van der Waals surface area contributed by atoms with E-state index < -0.39 is 0 Å². The van der Waals surface area contributed by atoms with E-state index in [0.717, 1.165) is 37.8 Å². The van der Waals surface area contributed by atoms with Gasteiger partial charge >= 0.3 is 0 Å². The molecule has 1 atom stereocenters. The molecule has 2 heterocycles. The van der Waals surface area contributed by atoms with Crippen LogP contribution in [0.15, 0.2) is 87.6 Å². The second kappa shape index (κ2) is 9.76. The third-order valence-electron chi connectivity index (χ3n) is 5.45. The van der Waals surface area contributed by atoms with Gasteiger partial charge in [0, 0.05) is 27.9 Å². The quantitative estimate of drug-likeness (QED) is 0.483. The van der Waals surface area contributed by atoms with Crippen molar-refractivity contribution in [2.24, 2.45) is 4.99 Å². The van der Waals surface area contributed by atoms with Gasteiger partial charge in [-0.2, -0.15) is 0 Å². The van der Waals surface area contributed by atoms with Crippen LogP contribution < -0.4 is 20.3 Å². The Bertz CT molecular complexity index is 1060. The number of guanidine groups is 1. The van der Waals surface area contributed by atoms with Crippen LogP contribution in [0.2, 0.25) is 5.02 Å². The molecular formula is C25H25ClN4OS. The molecule has 32 heavy (non-hydrogen) atoms. The molecule has 0 amide bonds. The minimum atomic E-state index is 0.0144. The molecule has 3 aromatic carbocycles. The first-order valence-corrected chi connectivity index (χ1v) is 12.0. The molecule has 3 aromatic rings. The Hall–Kier alpha value is -2.83. The lowest BCUT2D eigenvalue weighted by molar-refractivity contribution is 0.206. The van der Waals surface area contributed by atoms with E-state index in [2.05, 4.69) is 69.1 Å². The Labute approximate surface area is 197 Å². The van der Waals surface area contributed by atoms with Crippen LogP contribution in [-0.4, -0.2) is 38.2 Å². The number of rotatable bonds is 6. The highest BCUT2D eigenvalue weighted by Crippen LogP contribution is 2.47. The molecule has 164 valence electrons. The average molecular weight is 465 g/mol. The number of hydrogen-bond acceptors (Lipinski definition) is 6. The normalized spacial score (nSPS) is 17.0. The lowest BCUT2D eigenvalue weighted by Crippen LogP contribution is -2.48. The van der Waals surface area contributed by atoms with Crippen molar-refractivity contribution in [2.75, 3.05) is 31.1 Å². The fraction of sp³-hybridized carbons (Fsp3) is 0.240. The van der Waals surface area contributed by atoms with E-state index in [4.69, 9.17) is 16.3 Å². The Morgan fingerprint density at radius 2 is 1.69 bits per heavy atom. The van der Waals surface area contributed by atoms with Crippen molar-refractivity contribution in [1.29, 1.82) is 0 Å². The Morgan fingerprint density at radius 1 is 1.00 bits per heavy atom. The van der Waals surface area contributed by atoms with Crippen molar-refractivity contribution >= 4 is 40.7 Å². The summed E-state index contributed by atoms with van der Waals surface area (Å²) in [7, 11) is 0. The molecule has 5 nitrogen and oxygen atoms in total. The van der Waals surface area contributed by atoms with E-state index in [-0.39, 0.29) is 6.10 Å². The monoisotopic (exact) mass is 464 g/mol. The molecule has 0 aromatic heterocycles. The van der Waals surface area contributed by atoms with E-state index in [1.165, 1.54) is 21.2 Å². The van der Waals surface area contributed by atoms with Gasteiger partial charge in [-0.3, -0.25) is 0 Å². The highest BCUT2D eigenvalue weighted by Gasteiger charge is 2.22. The van der Waals surface area contributed by atoms with Crippen LogP contribution in [0, 0.1) is 0 Å². The van der Waals surface area contributed by atoms with Gasteiger partial charge in [0.1, 0.15) is 11.9 Å². The van der Waals surface area contributed by atoms with Crippen molar-refractivity contribution in [3.05, 3.63) is 77.8 Å². The summed E-state index contributed by atoms with van der Waals surface area (Å²) in [6.45, 7) is 3.14. The third kappa shape index (κ3) is 4.81. The molecule has 0 saturated carbocycles. The Balaban J connectivity index is 1.13. The van der Waals surface area contributed by atoms with Crippen molar-refractivity contribution in [1.82, 2.24) is 10.6 Å². The van der Waals surface area contributed by atoms with Gasteiger partial charge in [0.2, 0.25) is 0 Å². The predicted molar refractivity (Wildman–Crippen MR) is 133 cm³/mol. The van der Waals surface area contributed by atoms with Crippen LogP contribution in [0.3, 0.4) is 0 Å². The summed E-state index contributed by atoms with van der Waals surface area (Å²) < 4.78 is 5.97. The number of nitrogens with one attached hydrogen (secondary N) is 2. The summed E-state index contributed by atoms with van der Waals surface area (Å²) in [6.07, 6.45) is 1.01. The maximum Gasteiger partial charge on any atom is 0.191 e. The highest BCUT2D eigenvalue weighted by molar-refractivity contribution is 7.99. The summed E-state index contributed by atoms with van der Waals surface area (Å²) in [5.41, 5.74) is 2.57. The van der Waals surface area contributed by atoms with Gasteiger partial charge in [-0.15, -0.1) is 0 Å². The Morgan fingerprint density at radius 3 is 2.34 bits per heavy atom. The molecule has 0 radical (unpaired) electrons. The summed E-state index contributed by atoms with van der Waals surface area (Å²) in [6, 6.07) is 24.7. The number of nitrogens with zero attached hydrogens (tertiary/aromatic N) is 2. The molecule has 0 fully saturated rings. The first kappa shape index (κ1) is 21.0. The van der Waals surface area contributed by atoms with Gasteiger partial charge in [-0.25, -0.2) is 4.99 Å². The maximum atomic E-state index is 5.97. The minimum absolute atomic E-state index is 0.0144. The first-order valence-electron chi connectivity index (χ1n) is 10.8. The van der Waals surface area contributed by atoms with Crippen molar-refractivity contribution in [3.8, 4) is 5.75 Å². The summed E-state index contributed by atoms with van der Waals surface area (Å²) in [5.74, 6) is 1.66. The number of benzene rings is 3. The van der Waals surface area contributed by atoms with Gasteiger partial charge in [-0.05, 0) is 55.0 Å². The van der Waals surface area contributed by atoms with E-state index in [1.54, 1.807) is 0 Å². The molecule has 0 aliphatic carbocycles. The van der Waals surface area contributed by atoms with Crippen molar-refractivity contribution in [3.63, 3.8) is 0 Å². The molecule has 0 bridgehead atoms. The van der Waals surface area contributed by atoms with Crippen LogP contribution in [0.1, 0.15) is 6.42 Å². The topological polar surface area (TPSA) is 48.9 Å². The van der Waals surface area contributed by atoms with Gasteiger partial charge < -0.3 is 20.3 Å². The largest absolute Gasteiger partial charge is 0.487 e. The van der Waals surface area contributed by atoms with E-state index >= 15 is 0 Å². The molecular weight excluding hydrogens is 440 g/mol. The zero-order valence-electron chi connectivity index (χ0n) is 17.6. The number of halogens is 1. The smallest absolute Gasteiger partial charge is 0.191 e. The van der Waals surface area contributed by atoms with Gasteiger partial charge in [-0.1, -0.05) is 47.6 Å². The van der Waals surface area contributed by atoms with E-state index in [0.29, 0.717) is 11.6 Å². The van der Waals surface area contributed by atoms with Gasteiger partial charge in [0.05, 0.1) is 24.5 Å². The second-order valence-corrected chi connectivity index (χ2v) is 9.25. The standard InChI is InChI=1S/C25H25ClN4OS/c26-18-10-12-19(13-11-18)31-20-16-28-25(29-17-20)27-14-5-15-30-21-6-1-3-8-23(21)32-24-9-4-2-7-22(24)30/h1-4,6-13,20H,5,14-17H2,(H2,27,28,29). The zero-order chi connectivity index (χ0) is 21.8. The van der Waals surface area contributed by atoms with E-state index in [9.17, 15) is 0 Å². The molecule has 0 saturated heterocycles. The Kier molecular flexibility index (Phi) is 6.41. The number of hydrogen-bond donors (Lipinski definition) is 2. The van der Waals surface area contributed by atoms with Crippen LogP contribution in [0.25, 0.3) is 0 Å². The zero-order valence-corrected chi connectivity index (χ0v) is 19.2. The first-order chi connectivity index (χ1) is 15.8. The van der Waals surface area contributed by atoms with Crippen LogP contribution in [0.5, 0.6) is 5.75 Å². The van der Waals surface area contributed by atoms with Crippen molar-refractivity contribution < 1.29 is 4.74 Å². The average Bonchev–Trinajstić information content (AvgIpc) is 2.83. The number of anilines is 2. The predicted octanol–water partition coefficient (Wildman–Crippen LogP) is 5.33. The van der Waals surface area contributed by atoms with Crippen LogP contribution >= 0.6 is 23.4 Å². The molecule has 2 aliphatic heterocycles. The van der Waals surface area contributed by atoms with Crippen LogP contribution in [0.4, 0.5) is 11.4 Å². The SMILES string of the molecule is Clc1ccc(OC2CN=C(NCCCN3c4ccccc4Sc4ccccc43)NC2)cc1. The van der Waals surface area contributed by atoms with E-state index in [1.807, 2.05) is 36.0 Å². The molecule has 2 N–H and O–H groups in total. The number of aliphatic imine (C=N–C) groups is 1. The lowest BCUT2D eigenvalue weighted by Gasteiger charge is -2.33. The van der Waals surface area contributed by atoms with Gasteiger partial charge in [0.15, 0.2) is 5.96 Å². The number of ether oxygens (including phenoxy) is 1.